The average Bonchev–Trinajstić information content (AvgIpc) is 3.44. The van der Waals surface area contributed by atoms with E-state index in [4.69, 9.17) is 0 Å². The number of hydrogen-bond donors (Lipinski definition) is 0. The summed E-state index contributed by atoms with van der Waals surface area (Å²) >= 11 is 0. The van der Waals surface area contributed by atoms with Gasteiger partial charge in [-0.05, 0) is 6.42 Å². The van der Waals surface area contributed by atoms with Gasteiger partial charge >= 0.3 is 26.2 Å². The van der Waals surface area contributed by atoms with Gasteiger partial charge in [-0.15, -0.1) is 35.2 Å². The molecule has 0 saturated heterocycles. The minimum Gasteiger partial charge on any atom is -0.343 e. The van der Waals surface area contributed by atoms with Crippen LogP contribution in [0.4, 0.5) is 0 Å². The molecule has 5 rings (SSSR count). The quantitative estimate of drug-likeness (QED) is 0.219. The van der Waals surface area contributed by atoms with Gasteiger partial charge in [0.2, 0.25) is 0 Å². The number of hydrogen-bond acceptors (Lipinski definition) is 0. The van der Waals surface area contributed by atoms with Crippen LogP contribution in [-0.4, -0.2) is 0 Å². The monoisotopic (exact) mass is 484 g/mol. The first-order valence-corrected chi connectivity index (χ1v) is 11.0. The number of unbranched alkanes of at least 4 members (excludes halogenated alkanes) is 2. The smallest absolute Gasteiger partial charge is 0.343 e. The molecule has 4 aromatic carbocycles. The first kappa shape index (κ1) is 27.2. The molecular formula is C30H34Zr. The van der Waals surface area contributed by atoms with Gasteiger partial charge in [0.25, 0.3) is 0 Å². The van der Waals surface area contributed by atoms with Gasteiger partial charge in [0.15, 0.2) is 0 Å². The second-order valence-corrected chi connectivity index (χ2v) is 7.26. The van der Waals surface area contributed by atoms with Gasteiger partial charge in [-0.25, -0.2) is 0 Å². The normalized spacial score (nSPS) is 10.1. The number of benzene rings is 3. The van der Waals surface area contributed by atoms with Gasteiger partial charge in [-0.1, -0.05) is 68.1 Å². The van der Waals surface area contributed by atoms with Crippen LogP contribution in [0.5, 0.6) is 0 Å². The first-order chi connectivity index (χ1) is 14.7. The summed E-state index contributed by atoms with van der Waals surface area (Å²) in [5.41, 5.74) is 5.51. The van der Waals surface area contributed by atoms with Crippen LogP contribution in [0.2, 0.25) is 0 Å². The summed E-state index contributed by atoms with van der Waals surface area (Å²) in [7, 11) is 0. The van der Waals surface area contributed by atoms with E-state index in [2.05, 4.69) is 113 Å². The van der Waals surface area contributed by atoms with Crippen molar-refractivity contribution in [2.45, 2.75) is 46.0 Å². The molecule has 158 valence electrons. The minimum absolute atomic E-state index is 0. The maximum atomic E-state index is 3.60. The molecule has 4 aromatic rings. The standard InChI is InChI=1S/C13H9.C9H7.2C4H9.Zr/c1-3-7-12-10(5-1)9-11-6-2-4-8-13(11)12;1-2-5-9-7-3-6-8(9)4-1;2*1-3-4-2;/h1-5,7-8H,9H2;1-7H;2*1,3-4H2,2H3;/q4*-1;+4. The van der Waals surface area contributed by atoms with Gasteiger partial charge in [-0.2, -0.15) is 60.2 Å². The Balaban J connectivity index is 0.000000234. The molecule has 0 nitrogen and oxygen atoms in total. The zero-order valence-corrected chi connectivity index (χ0v) is 21.5. The van der Waals surface area contributed by atoms with E-state index >= 15 is 0 Å². The van der Waals surface area contributed by atoms with Gasteiger partial charge in [0.05, 0.1) is 0 Å². The molecule has 0 radical (unpaired) electrons. The maximum Gasteiger partial charge on any atom is 4.00 e. The van der Waals surface area contributed by atoms with Crippen LogP contribution in [0.3, 0.4) is 0 Å². The average molecular weight is 486 g/mol. The van der Waals surface area contributed by atoms with Gasteiger partial charge in [0, 0.05) is 0 Å². The van der Waals surface area contributed by atoms with Crippen molar-refractivity contribution in [2.24, 2.45) is 0 Å². The fourth-order valence-corrected chi connectivity index (χ4v) is 3.07. The topological polar surface area (TPSA) is 0 Å². The third kappa shape index (κ3) is 8.66. The van der Waals surface area contributed by atoms with E-state index in [1.165, 1.54) is 45.9 Å². The van der Waals surface area contributed by atoms with E-state index in [1.807, 2.05) is 6.07 Å². The predicted octanol–water partition coefficient (Wildman–Crippen LogP) is 8.86. The second-order valence-electron chi connectivity index (χ2n) is 7.26. The Kier molecular flexibility index (Phi) is 13.9. The number of fused-ring (bicyclic) bond motifs is 4. The Hall–Kier alpha value is -1.85. The fourth-order valence-electron chi connectivity index (χ4n) is 3.07. The van der Waals surface area contributed by atoms with Crippen molar-refractivity contribution in [3.8, 4) is 11.1 Å². The Bertz CT molecular complexity index is 899. The Morgan fingerprint density at radius 1 is 0.806 bits per heavy atom. The van der Waals surface area contributed by atoms with E-state index in [-0.39, 0.29) is 26.2 Å². The van der Waals surface area contributed by atoms with Crippen LogP contribution >= 0.6 is 0 Å². The minimum atomic E-state index is 0. The van der Waals surface area contributed by atoms with Crippen LogP contribution in [0, 0.1) is 19.9 Å². The molecule has 0 saturated carbocycles. The van der Waals surface area contributed by atoms with Crippen molar-refractivity contribution in [1.82, 2.24) is 0 Å². The Morgan fingerprint density at radius 3 is 2.10 bits per heavy atom. The summed E-state index contributed by atoms with van der Waals surface area (Å²) < 4.78 is 0. The van der Waals surface area contributed by atoms with Gasteiger partial charge in [0.1, 0.15) is 0 Å². The first-order valence-electron chi connectivity index (χ1n) is 11.0. The molecule has 1 aliphatic carbocycles. The van der Waals surface area contributed by atoms with Crippen molar-refractivity contribution in [1.29, 1.82) is 0 Å². The predicted molar refractivity (Wildman–Crippen MR) is 134 cm³/mol. The zero-order chi connectivity index (χ0) is 21.6. The molecule has 1 aliphatic rings. The molecule has 0 unspecified atom stereocenters. The van der Waals surface area contributed by atoms with Crippen LogP contribution < -0.4 is 0 Å². The van der Waals surface area contributed by atoms with Gasteiger partial charge < -0.3 is 13.8 Å². The molecule has 0 aliphatic heterocycles. The van der Waals surface area contributed by atoms with Crippen LogP contribution in [-0.2, 0) is 32.6 Å². The summed E-state index contributed by atoms with van der Waals surface area (Å²) in [6.07, 6.45) is 5.60. The summed E-state index contributed by atoms with van der Waals surface area (Å²) in [5.74, 6) is 0. The fraction of sp³-hybridized carbons (Fsp3) is 0.233. The summed E-state index contributed by atoms with van der Waals surface area (Å²) in [6, 6.07) is 32.8. The second kappa shape index (κ2) is 15.9. The Labute approximate surface area is 209 Å². The van der Waals surface area contributed by atoms with Crippen LogP contribution in [0.25, 0.3) is 21.9 Å². The molecule has 0 N–H and O–H groups in total. The van der Waals surface area contributed by atoms with E-state index in [0.717, 1.165) is 19.3 Å². The zero-order valence-electron chi connectivity index (χ0n) is 19.0. The molecule has 0 atom stereocenters. The summed E-state index contributed by atoms with van der Waals surface area (Å²) in [4.78, 5) is 0. The van der Waals surface area contributed by atoms with E-state index in [1.54, 1.807) is 0 Å². The van der Waals surface area contributed by atoms with Crippen molar-refractivity contribution in [3.05, 3.63) is 116 Å². The summed E-state index contributed by atoms with van der Waals surface area (Å²) in [6.45, 7) is 11.4. The van der Waals surface area contributed by atoms with E-state index in [9.17, 15) is 0 Å². The third-order valence-electron chi connectivity index (χ3n) is 4.87. The molecular weight excluding hydrogens is 452 g/mol. The molecule has 0 heterocycles. The molecule has 0 aromatic heterocycles. The molecule has 0 spiro atoms. The molecule has 0 fully saturated rings. The van der Waals surface area contributed by atoms with E-state index < -0.39 is 0 Å². The molecule has 0 amide bonds. The maximum absolute atomic E-state index is 3.60. The van der Waals surface area contributed by atoms with Crippen molar-refractivity contribution < 1.29 is 26.2 Å². The van der Waals surface area contributed by atoms with Crippen molar-refractivity contribution >= 4 is 10.8 Å². The Morgan fingerprint density at radius 2 is 1.42 bits per heavy atom. The summed E-state index contributed by atoms with van der Waals surface area (Å²) in [5, 5.41) is 2.66. The van der Waals surface area contributed by atoms with Crippen LogP contribution in [0.1, 0.15) is 50.7 Å². The molecule has 0 bridgehead atoms. The molecule has 31 heavy (non-hydrogen) atoms. The van der Waals surface area contributed by atoms with Crippen molar-refractivity contribution in [2.75, 3.05) is 0 Å². The SMILES string of the molecule is [CH2-]CCC.[CH2-]CCC.[Zr+4].[c-]1cccc2c1Cc1ccccc1-2.c1ccc2[cH-]ccc2c1. The van der Waals surface area contributed by atoms with Crippen LogP contribution in [0.15, 0.2) is 84.9 Å². The van der Waals surface area contributed by atoms with Crippen molar-refractivity contribution in [3.63, 3.8) is 0 Å². The number of rotatable bonds is 2. The van der Waals surface area contributed by atoms with E-state index in [0.29, 0.717) is 0 Å². The molecule has 1 heteroatoms. The third-order valence-corrected chi connectivity index (χ3v) is 4.87. The largest absolute Gasteiger partial charge is 4.00 e. The van der Waals surface area contributed by atoms with Gasteiger partial charge in [-0.3, -0.25) is 0 Å².